The van der Waals surface area contributed by atoms with E-state index in [1.165, 1.54) is 10.4 Å². The molecule has 1 atom stereocenters. The molecule has 0 bridgehead atoms. The Kier molecular flexibility index (Phi) is 5.34. The highest BCUT2D eigenvalue weighted by molar-refractivity contribution is 7.89. The van der Waals surface area contributed by atoms with Gasteiger partial charge in [-0.15, -0.1) is 0 Å². The van der Waals surface area contributed by atoms with E-state index in [0.29, 0.717) is 45.0 Å². The van der Waals surface area contributed by atoms with Crippen LogP contribution < -0.4 is 10.1 Å². The van der Waals surface area contributed by atoms with Gasteiger partial charge in [0.25, 0.3) is 0 Å². The van der Waals surface area contributed by atoms with Crippen LogP contribution >= 0.6 is 0 Å². The van der Waals surface area contributed by atoms with Gasteiger partial charge >= 0.3 is 0 Å². The van der Waals surface area contributed by atoms with Gasteiger partial charge in [0.1, 0.15) is 12.4 Å². The number of anilines is 1. The number of morpholine rings is 1. The number of sulfonamides is 1. The molecule has 1 amide bonds. The average molecular weight is 402 g/mol. The Hall–Kier alpha value is -2.42. The van der Waals surface area contributed by atoms with Crippen molar-refractivity contribution in [3.63, 3.8) is 0 Å². The second-order valence-electron chi connectivity index (χ2n) is 6.85. The number of nitrogens with zero attached hydrogens (tertiary/aromatic N) is 1. The van der Waals surface area contributed by atoms with Crippen LogP contribution in [-0.4, -0.2) is 51.5 Å². The zero-order chi connectivity index (χ0) is 19.6. The number of hydrogen-bond donors (Lipinski definition) is 1. The predicted molar refractivity (Wildman–Crippen MR) is 104 cm³/mol. The van der Waals surface area contributed by atoms with E-state index in [1.54, 1.807) is 18.2 Å². The third-order valence-corrected chi connectivity index (χ3v) is 6.85. The van der Waals surface area contributed by atoms with E-state index in [1.807, 2.05) is 24.3 Å². The van der Waals surface area contributed by atoms with Crippen molar-refractivity contribution in [2.75, 3.05) is 38.2 Å². The number of rotatable bonds is 4. The van der Waals surface area contributed by atoms with Crippen LogP contribution in [0.2, 0.25) is 0 Å². The molecule has 0 aliphatic carbocycles. The molecule has 0 spiro atoms. The zero-order valence-electron chi connectivity index (χ0n) is 15.3. The fourth-order valence-corrected chi connectivity index (χ4v) is 4.87. The third kappa shape index (κ3) is 3.89. The lowest BCUT2D eigenvalue weighted by Gasteiger charge is -2.26. The molecule has 8 heteroatoms. The molecule has 4 rings (SSSR count). The molecule has 2 aromatic carbocycles. The highest BCUT2D eigenvalue weighted by Crippen LogP contribution is 2.28. The number of nitrogens with one attached hydrogen (secondary N) is 1. The van der Waals surface area contributed by atoms with Gasteiger partial charge in [-0.25, -0.2) is 8.42 Å². The minimum absolute atomic E-state index is 0.164. The van der Waals surface area contributed by atoms with Gasteiger partial charge in [0, 0.05) is 18.8 Å². The summed E-state index contributed by atoms with van der Waals surface area (Å²) in [6.07, 6.45) is 0.591. The number of ether oxygens (including phenoxy) is 2. The highest BCUT2D eigenvalue weighted by Gasteiger charge is 2.28. The molecular weight excluding hydrogens is 380 g/mol. The molecule has 0 unspecified atom stereocenters. The molecule has 1 saturated heterocycles. The largest absolute Gasteiger partial charge is 0.492 e. The Morgan fingerprint density at radius 1 is 1.07 bits per heavy atom. The molecule has 0 radical (unpaired) electrons. The molecular formula is C20H22N2O5S. The summed E-state index contributed by atoms with van der Waals surface area (Å²) in [5.74, 6) is 0.301. The second-order valence-corrected chi connectivity index (χ2v) is 8.79. The van der Waals surface area contributed by atoms with E-state index in [4.69, 9.17) is 9.47 Å². The van der Waals surface area contributed by atoms with Crippen LogP contribution in [0.3, 0.4) is 0 Å². The van der Waals surface area contributed by atoms with E-state index in [-0.39, 0.29) is 16.7 Å². The first kappa shape index (κ1) is 18.9. The molecule has 28 heavy (non-hydrogen) atoms. The quantitative estimate of drug-likeness (QED) is 0.844. The topological polar surface area (TPSA) is 84.9 Å². The molecule has 7 nitrogen and oxygen atoms in total. The van der Waals surface area contributed by atoms with Gasteiger partial charge in [0.05, 0.1) is 24.0 Å². The fraction of sp³-hybridized carbons (Fsp3) is 0.350. The minimum Gasteiger partial charge on any atom is -0.492 e. The van der Waals surface area contributed by atoms with Crippen LogP contribution in [0.25, 0.3) is 0 Å². The van der Waals surface area contributed by atoms with Gasteiger partial charge in [-0.1, -0.05) is 24.3 Å². The minimum atomic E-state index is -3.61. The average Bonchev–Trinajstić information content (AvgIpc) is 2.74. The van der Waals surface area contributed by atoms with E-state index >= 15 is 0 Å². The summed E-state index contributed by atoms with van der Waals surface area (Å²) in [5, 5.41) is 2.83. The first-order chi connectivity index (χ1) is 13.5. The third-order valence-electron chi connectivity index (χ3n) is 4.96. The van der Waals surface area contributed by atoms with Gasteiger partial charge in [-0.05, 0) is 36.2 Å². The van der Waals surface area contributed by atoms with Crippen LogP contribution in [0, 0.1) is 5.92 Å². The summed E-state index contributed by atoms with van der Waals surface area (Å²) in [6.45, 7) is 1.74. The molecule has 1 N–H and O–H groups in total. The second kappa shape index (κ2) is 7.90. The van der Waals surface area contributed by atoms with Gasteiger partial charge in [0.15, 0.2) is 0 Å². The molecule has 148 valence electrons. The lowest BCUT2D eigenvalue weighted by Crippen LogP contribution is -2.40. The van der Waals surface area contributed by atoms with Crippen molar-refractivity contribution in [3.8, 4) is 5.75 Å². The van der Waals surface area contributed by atoms with E-state index in [9.17, 15) is 13.2 Å². The van der Waals surface area contributed by atoms with E-state index in [0.717, 1.165) is 11.3 Å². The summed E-state index contributed by atoms with van der Waals surface area (Å²) < 4.78 is 37.9. The summed E-state index contributed by atoms with van der Waals surface area (Å²) in [7, 11) is -3.61. The van der Waals surface area contributed by atoms with Crippen molar-refractivity contribution >= 4 is 21.6 Å². The standard InChI is InChI=1S/C20H22N2O5S/c23-20(16-12-15-4-1-2-7-19(15)27-14-16)21-17-5-3-6-18(13-17)28(24,25)22-8-10-26-11-9-22/h1-7,13,16H,8-12,14H2,(H,21,23)/t16-/m1/s1. The summed E-state index contributed by atoms with van der Waals surface area (Å²) in [4.78, 5) is 12.8. The number of amides is 1. The maximum atomic E-state index is 12.8. The number of benzene rings is 2. The van der Waals surface area contributed by atoms with Crippen LogP contribution in [0.15, 0.2) is 53.4 Å². The smallest absolute Gasteiger partial charge is 0.243 e. The van der Waals surface area contributed by atoms with Crippen molar-refractivity contribution in [2.24, 2.45) is 5.92 Å². The Bertz CT molecular complexity index is 970. The van der Waals surface area contributed by atoms with Crippen LogP contribution in [0.5, 0.6) is 5.75 Å². The maximum absolute atomic E-state index is 12.8. The number of carbonyl (C=O) groups is 1. The monoisotopic (exact) mass is 402 g/mol. The van der Waals surface area contributed by atoms with Crippen molar-refractivity contribution < 1.29 is 22.7 Å². The van der Waals surface area contributed by atoms with Crippen LogP contribution in [0.4, 0.5) is 5.69 Å². The van der Waals surface area contributed by atoms with Gasteiger partial charge in [0.2, 0.25) is 15.9 Å². The zero-order valence-corrected chi connectivity index (χ0v) is 16.2. The normalized spacial score (nSPS) is 20.1. The highest BCUT2D eigenvalue weighted by atomic mass is 32.2. The summed E-state index contributed by atoms with van der Waals surface area (Å²) in [5.41, 5.74) is 1.45. The number of para-hydroxylation sites is 1. The van der Waals surface area contributed by atoms with Gasteiger partial charge in [-0.2, -0.15) is 4.31 Å². The predicted octanol–water partition coefficient (Wildman–Crippen LogP) is 1.90. The van der Waals surface area contributed by atoms with Crippen molar-refractivity contribution in [2.45, 2.75) is 11.3 Å². The molecule has 0 aromatic heterocycles. The molecule has 1 fully saturated rings. The summed E-state index contributed by atoms with van der Waals surface area (Å²) in [6, 6.07) is 14.0. The Balaban J connectivity index is 1.47. The van der Waals surface area contributed by atoms with Crippen molar-refractivity contribution in [3.05, 3.63) is 54.1 Å². The van der Waals surface area contributed by atoms with Gasteiger partial charge < -0.3 is 14.8 Å². The van der Waals surface area contributed by atoms with Crippen molar-refractivity contribution in [1.82, 2.24) is 4.31 Å². The fourth-order valence-electron chi connectivity index (χ4n) is 3.41. The molecule has 2 heterocycles. The lowest BCUT2D eigenvalue weighted by molar-refractivity contribution is -0.121. The SMILES string of the molecule is O=C(Nc1cccc(S(=O)(=O)N2CCOCC2)c1)[C@H]1COc2ccccc2C1. The van der Waals surface area contributed by atoms with E-state index < -0.39 is 10.0 Å². The summed E-state index contributed by atoms with van der Waals surface area (Å²) >= 11 is 0. The van der Waals surface area contributed by atoms with Crippen LogP contribution in [-0.2, 0) is 26.0 Å². The van der Waals surface area contributed by atoms with Crippen molar-refractivity contribution in [1.29, 1.82) is 0 Å². The molecule has 2 aliphatic rings. The first-order valence-electron chi connectivity index (χ1n) is 9.23. The van der Waals surface area contributed by atoms with Gasteiger partial charge in [-0.3, -0.25) is 4.79 Å². The maximum Gasteiger partial charge on any atom is 0.243 e. The Morgan fingerprint density at radius 3 is 2.68 bits per heavy atom. The number of carbonyl (C=O) groups excluding carboxylic acids is 1. The number of fused-ring (bicyclic) bond motifs is 1. The molecule has 2 aromatic rings. The Labute approximate surface area is 164 Å². The van der Waals surface area contributed by atoms with Crippen LogP contribution in [0.1, 0.15) is 5.56 Å². The lowest BCUT2D eigenvalue weighted by atomic mass is 9.96. The van der Waals surface area contributed by atoms with E-state index in [2.05, 4.69) is 5.32 Å². The Morgan fingerprint density at radius 2 is 1.86 bits per heavy atom. The molecule has 0 saturated carbocycles. The first-order valence-corrected chi connectivity index (χ1v) is 10.7. The molecule has 2 aliphatic heterocycles. The number of hydrogen-bond acceptors (Lipinski definition) is 5.